The van der Waals surface area contributed by atoms with Crippen LogP contribution in [0.2, 0.25) is 0 Å². The second-order valence-electron chi connectivity index (χ2n) is 6.21. The zero-order chi connectivity index (χ0) is 14.1. The number of rotatable bonds is 4. The lowest BCUT2D eigenvalue weighted by molar-refractivity contribution is -0.420. The molecule has 20 heavy (non-hydrogen) atoms. The molecule has 5 heteroatoms. The SMILES string of the molecule is CC1C[C@@H]1C1C=C([N+](=O)[O-])C=CC1OC1CCNCC1. The van der Waals surface area contributed by atoms with Gasteiger partial charge in [-0.15, -0.1) is 0 Å². The number of nitro groups is 1. The van der Waals surface area contributed by atoms with E-state index in [0.717, 1.165) is 32.4 Å². The molecule has 1 aliphatic heterocycles. The van der Waals surface area contributed by atoms with E-state index in [4.69, 9.17) is 4.74 Å². The molecular formula is C15H22N2O3. The first kappa shape index (κ1) is 13.8. The van der Waals surface area contributed by atoms with Crippen molar-refractivity contribution >= 4 is 0 Å². The van der Waals surface area contributed by atoms with Gasteiger partial charge < -0.3 is 10.1 Å². The highest BCUT2D eigenvalue weighted by Gasteiger charge is 2.44. The minimum atomic E-state index is -0.294. The van der Waals surface area contributed by atoms with Gasteiger partial charge in [-0.05, 0) is 56.3 Å². The molecule has 0 spiro atoms. The van der Waals surface area contributed by atoms with Crippen molar-refractivity contribution < 1.29 is 9.66 Å². The van der Waals surface area contributed by atoms with Crippen LogP contribution in [0.15, 0.2) is 23.9 Å². The van der Waals surface area contributed by atoms with Crippen LogP contribution in [0, 0.1) is 27.9 Å². The van der Waals surface area contributed by atoms with Gasteiger partial charge in [0.15, 0.2) is 0 Å². The fourth-order valence-corrected chi connectivity index (χ4v) is 3.34. The van der Waals surface area contributed by atoms with Crippen LogP contribution in [-0.2, 0) is 4.74 Å². The predicted octanol–water partition coefficient (Wildman–Crippen LogP) is 2.13. The smallest absolute Gasteiger partial charge is 0.265 e. The Hall–Kier alpha value is -1.20. The Morgan fingerprint density at radius 3 is 2.70 bits per heavy atom. The third-order valence-electron chi connectivity index (χ3n) is 4.71. The first-order valence-electron chi connectivity index (χ1n) is 7.55. The van der Waals surface area contributed by atoms with Crippen LogP contribution >= 0.6 is 0 Å². The standard InChI is InChI=1S/C15H22N2O3/c1-10-8-13(10)14-9-11(17(18)19)2-3-15(14)20-12-4-6-16-7-5-12/h2-3,9-10,12-16H,4-8H2,1H3/t10?,13-,14?,15?/m0/s1. The number of allylic oxidation sites excluding steroid dienone is 1. The Morgan fingerprint density at radius 2 is 2.10 bits per heavy atom. The van der Waals surface area contributed by atoms with Crippen molar-refractivity contribution in [2.24, 2.45) is 17.8 Å². The number of nitrogens with zero attached hydrogens (tertiary/aromatic N) is 1. The number of ether oxygens (including phenoxy) is 1. The van der Waals surface area contributed by atoms with Gasteiger partial charge in [0, 0.05) is 12.0 Å². The van der Waals surface area contributed by atoms with Gasteiger partial charge in [-0.25, -0.2) is 0 Å². The lowest BCUT2D eigenvalue weighted by atomic mass is 9.90. The molecule has 2 aliphatic carbocycles. The maximum absolute atomic E-state index is 11.0. The Balaban J connectivity index is 1.69. The molecule has 5 nitrogen and oxygen atoms in total. The van der Waals surface area contributed by atoms with Crippen LogP contribution in [0.3, 0.4) is 0 Å². The molecule has 1 heterocycles. The van der Waals surface area contributed by atoms with E-state index in [9.17, 15) is 10.1 Å². The molecule has 3 unspecified atom stereocenters. The van der Waals surface area contributed by atoms with Gasteiger partial charge in [0.05, 0.1) is 17.1 Å². The summed E-state index contributed by atoms with van der Waals surface area (Å²) in [7, 11) is 0. The van der Waals surface area contributed by atoms with E-state index in [-0.39, 0.29) is 28.7 Å². The van der Waals surface area contributed by atoms with Gasteiger partial charge in [-0.2, -0.15) is 0 Å². The average molecular weight is 278 g/mol. The summed E-state index contributed by atoms with van der Waals surface area (Å²) in [6, 6.07) is 0. The van der Waals surface area contributed by atoms with E-state index < -0.39 is 0 Å². The van der Waals surface area contributed by atoms with Crippen molar-refractivity contribution in [3.05, 3.63) is 34.0 Å². The van der Waals surface area contributed by atoms with Gasteiger partial charge in [0.25, 0.3) is 5.70 Å². The van der Waals surface area contributed by atoms with Crippen molar-refractivity contribution in [2.45, 2.75) is 38.4 Å². The summed E-state index contributed by atoms with van der Waals surface area (Å²) in [6.45, 7) is 4.22. The third-order valence-corrected chi connectivity index (χ3v) is 4.71. The highest BCUT2D eigenvalue weighted by atomic mass is 16.6. The molecule has 0 radical (unpaired) electrons. The van der Waals surface area contributed by atoms with Gasteiger partial charge in [0.2, 0.25) is 0 Å². The first-order valence-corrected chi connectivity index (χ1v) is 7.55. The number of hydrogen-bond donors (Lipinski definition) is 1. The van der Waals surface area contributed by atoms with Crippen LogP contribution in [0.4, 0.5) is 0 Å². The summed E-state index contributed by atoms with van der Waals surface area (Å²) in [6.07, 6.45) is 8.84. The molecule has 2 fully saturated rings. The zero-order valence-corrected chi connectivity index (χ0v) is 11.8. The third kappa shape index (κ3) is 2.94. The number of nitrogens with one attached hydrogen (secondary N) is 1. The molecule has 3 aliphatic rings. The van der Waals surface area contributed by atoms with Gasteiger partial charge >= 0.3 is 0 Å². The summed E-state index contributed by atoms with van der Waals surface area (Å²) in [4.78, 5) is 10.7. The van der Waals surface area contributed by atoms with Crippen molar-refractivity contribution in [3.8, 4) is 0 Å². The van der Waals surface area contributed by atoms with Crippen LogP contribution < -0.4 is 5.32 Å². The summed E-state index contributed by atoms with van der Waals surface area (Å²) in [5.41, 5.74) is 0.222. The van der Waals surface area contributed by atoms with E-state index in [1.807, 2.05) is 12.2 Å². The summed E-state index contributed by atoms with van der Waals surface area (Å²) >= 11 is 0. The molecular weight excluding hydrogens is 256 g/mol. The average Bonchev–Trinajstić information content (AvgIpc) is 3.17. The highest BCUT2D eigenvalue weighted by molar-refractivity contribution is 5.23. The fraction of sp³-hybridized carbons (Fsp3) is 0.733. The second kappa shape index (κ2) is 5.66. The lowest BCUT2D eigenvalue weighted by Crippen LogP contribution is -2.37. The molecule has 1 saturated carbocycles. The molecule has 0 bridgehead atoms. The van der Waals surface area contributed by atoms with Crippen molar-refractivity contribution in [3.63, 3.8) is 0 Å². The minimum Gasteiger partial charge on any atom is -0.370 e. The molecule has 1 saturated heterocycles. The fourth-order valence-electron chi connectivity index (χ4n) is 3.34. The molecule has 0 amide bonds. The quantitative estimate of drug-likeness (QED) is 0.632. The first-order chi connectivity index (χ1) is 9.65. The number of piperidine rings is 1. The minimum absolute atomic E-state index is 0.0109. The Labute approximate surface area is 119 Å². The van der Waals surface area contributed by atoms with Crippen LogP contribution in [-0.4, -0.2) is 30.2 Å². The summed E-state index contributed by atoms with van der Waals surface area (Å²) in [5.74, 6) is 1.38. The van der Waals surface area contributed by atoms with Gasteiger partial charge in [-0.3, -0.25) is 10.1 Å². The Kier molecular flexibility index (Phi) is 3.89. The maximum atomic E-state index is 11.0. The lowest BCUT2D eigenvalue weighted by Gasteiger charge is -2.31. The molecule has 0 aromatic rings. The van der Waals surface area contributed by atoms with E-state index in [1.165, 1.54) is 0 Å². The molecule has 4 atom stereocenters. The van der Waals surface area contributed by atoms with E-state index in [2.05, 4.69) is 12.2 Å². The maximum Gasteiger partial charge on any atom is 0.265 e. The molecule has 110 valence electrons. The molecule has 0 aromatic heterocycles. The van der Waals surface area contributed by atoms with Crippen molar-refractivity contribution in [1.82, 2.24) is 5.32 Å². The Morgan fingerprint density at radius 1 is 1.40 bits per heavy atom. The summed E-state index contributed by atoms with van der Waals surface area (Å²) in [5, 5.41) is 14.3. The zero-order valence-electron chi connectivity index (χ0n) is 11.8. The van der Waals surface area contributed by atoms with Crippen LogP contribution in [0.25, 0.3) is 0 Å². The van der Waals surface area contributed by atoms with E-state index >= 15 is 0 Å². The van der Waals surface area contributed by atoms with Gasteiger partial charge in [-0.1, -0.05) is 6.92 Å². The summed E-state index contributed by atoms with van der Waals surface area (Å²) < 4.78 is 6.23. The number of hydrogen-bond acceptors (Lipinski definition) is 4. The van der Waals surface area contributed by atoms with Crippen LogP contribution in [0.5, 0.6) is 0 Å². The topological polar surface area (TPSA) is 64.4 Å². The van der Waals surface area contributed by atoms with Crippen molar-refractivity contribution in [1.29, 1.82) is 0 Å². The van der Waals surface area contributed by atoms with Gasteiger partial charge in [0.1, 0.15) is 0 Å². The molecule has 3 rings (SSSR count). The molecule has 1 N–H and O–H groups in total. The van der Waals surface area contributed by atoms with Crippen LogP contribution in [0.1, 0.15) is 26.2 Å². The largest absolute Gasteiger partial charge is 0.370 e. The second-order valence-corrected chi connectivity index (χ2v) is 6.21. The normalized spacial score (nSPS) is 37.5. The van der Waals surface area contributed by atoms with E-state index in [0.29, 0.717) is 11.8 Å². The highest BCUT2D eigenvalue weighted by Crippen LogP contribution is 2.48. The monoisotopic (exact) mass is 278 g/mol. The Bertz CT molecular complexity index is 440. The predicted molar refractivity (Wildman–Crippen MR) is 75.7 cm³/mol. The van der Waals surface area contributed by atoms with Crippen molar-refractivity contribution in [2.75, 3.05) is 13.1 Å². The molecule has 0 aromatic carbocycles. The van der Waals surface area contributed by atoms with E-state index in [1.54, 1.807) is 6.08 Å².